The summed E-state index contributed by atoms with van der Waals surface area (Å²) in [7, 11) is 1.60. The van der Waals surface area contributed by atoms with Crippen molar-refractivity contribution in [1.29, 1.82) is 0 Å². The minimum atomic E-state index is -0.702. The third kappa shape index (κ3) is 2.58. The van der Waals surface area contributed by atoms with Crippen LogP contribution in [0.3, 0.4) is 0 Å². The number of urea groups is 1. The van der Waals surface area contributed by atoms with Gasteiger partial charge in [0.1, 0.15) is 11.3 Å². The second-order valence-corrected chi connectivity index (χ2v) is 6.75. The summed E-state index contributed by atoms with van der Waals surface area (Å²) >= 11 is 0. The molecule has 1 aliphatic heterocycles. The molecule has 1 aromatic carbocycles. The van der Waals surface area contributed by atoms with Crippen LogP contribution >= 0.6 is 0 Å². The van der Waals surface area contributed by atoms with E-state index in [1.807, 2.05) is 25.1 Å². The monoisotopic (exact) mass is 316 g/mol. The third-order valence-corrected chi connectivity index (χ3v) is 5.27. The maximum Gasteiger partial charge on any atom is 0.325 e. The zero-order valence-electron chi connectivity index (χ0n) is 14.0. The molecule has 1 aliphatic carbocycles. The number of carbonyl (C=O) groups excluding carboxylic acids is 2. The fourth-order valence-corrected chi connectivity index (χ4v) is 3.84. The van der Waals surface area contributed by atoms with E-state index < -0.39 is 5.54 Å². The van der Waals surface area contributed by atoms with Crippen LogP contribution in [-0.4, -0.2) is 29.5 Å². The van der Waals surface area contributed by atoms with E-state index in [-0.39, 0.29) is 24.4 Å². The average Bonchev–Trinajstić information content (AvgIpc) is 2.76. The van der Waals surface area contributed by atoms with Crippen molar-refractivity contribution in [3.63, 3.8) is 0 Å². The lowest BCUT2D eigenvalue weighted by Crippen LogP contribution is -2.53. The standard InChI is InChI=1S/C18H24N2O3/c1-12-7-8-15(23-3)14(10-12)11-20-16(21)18(19-17(20)22)9-5-4-6-13(18)2/h7-8,10,13H,4-6,9,11H2,1-3H3,(H,19,22). The lowest BCUT2D eigenvalue weighted by molar-refractivity contribution is -0.134. The molecule has 2 aliphatic rings. The van der Waals surface area contributed by atoms with Gasteiger partial charge in [0.15, 0.2) is 0 Å². The maximum atomic E-state index is 13.0. The van der Waals surface area contributed by atoms with Crippen molar-refractivity contribution in [3.8, 4) is 5.75 Å². The highest BCUT2D eigenvalue weighted by Crippen LogP contribution is 2.39. The molecule has 1 spiro atoms. The SMILES string of the molecule is COc1ccc(C)cc1CN1C(=O)NC2(CCCCC2C)C1=O. The summed E-state index contributed by atoms with van der Waals surface area (Å²) in [5, 5.41) is 2.99. The first-order valence-electron chi connectivity index (χ1n) is 8.25. The molecule has 0 aromatic heterocycles. The van der Waals surface area contributed by atoms with Crippen LogP contribution < -0.4 is 10.1 Å². The Bertz CT molecular complexity index is 643. The lowest BCUT2D eigenvalue weighted by atomic mass is 9.73. The van der Waals surface area contributed by atoms with Gasteiger partial charge in [0.05, 0.1) is 13.7 Å². The largest absolute Gasteiger partial charge is 0.496 e. The second kappa shape index (κ2) is 5.87. The van der Waals surface area contributed by atoms with Crippen LogP contribution in [0.5, 0.6) is 5.75 Å². The van der Waals surface area contributed by atoms with E-state index in [0.29, 0.717) is 5.75 Å². The molecule has 0 radical (unpaired) electrons. The van der Waals surface area contributed by atoms with Crippen LogP contribution in [0, 0.1) is 12.8 Å². The number of nitrogens with zero attached hydrogens (tertiary/aromatic N) is 1. The zero-order valence-corrected chi connectivity index (χ0v) is 14.0. The van der Waals surface area contributed by atoms with Crippen LogP contribution in [0.4, 0.5) is 4.79 Å². The van der Waals surface area contributed by atoms with Crippen molar-refractivity contribution in [3.05, 3.63) is 29.3 Å². The van der Waals surface area contributed by atoms with Gasteiger partial charge >= 0.3 is 6.03 Å². The summed E-state index contributed by atoms with van der Waals surface area (Å²) in [6.45, 7) is 4.30. The highest BCUT2D eigenvalue weighted by Gasteiger charge is 2.54. The highest BCUT2D eigenvalue weighted by atomic mass is 16.5. The fraction of sp³-hybridized carbons (Fsp3) is 0.556. The van der Waals surface area contributed by atoms with E-state index in [1.165, 1.54) is 4.90 Å². The molecule has 124 valence electrons. The number of hydrogen-bond acceptors (Lipinski definition) is 3. The van der Waals surface area contributed by atoms with Gasteiger partial charge < -0.3 is 10.1 Å². The highest BCUT2D eigenvalue weighted by molar-refractivity contribution is 6.07. The van der Waals surface area contributed by atoms with Crippen LogP contribution in [0.25, 0.3) is 0 Å². The van der Waals surface area contributed by atoms with Gasteiger partial charge in [-0.25, -0.2) is 4.79 Å². The van der Waals surface area contributed by atoms with Crippen molar-refractivity contribution in [2.45, 2.75) is 51.6 Å². The number of carbonyl (C=O) groups is 2. The minimum Gasteiger partial charge on any atom is -0.496 e. The number of methoxy groups -OCH3 is 1. The topological polar surface area (TPSA) is 58.6 Å². The van der Waals surface area contributed by atoms with Gasteiger partial charge in [-0.3, -0.25) is 9.69 Å². The summed E-state index contributed by atoms with van der Waals surface area (Å²) in [4.78, 5) is 26.8. The van der Waals surface area contributed by atoms with E-state index >= 15 is 0 Å². The Balaban J connectivity index is 1.88. The third-order valence-electron chi connectivity index (χ3n) is 5.27. The van der Waals surface area contributed by atoms with Crippen molar-refractivity contribution in [2.75, 3.05) is 7.11 Å². The minimum absolute atomic E-state index is 0.0849. The normalized spacial score (nSPS) is 27.4. The second-order valence-electron chi connectivity index (χ2n) is 6.75. The van der Waals surface area contributed by atoms with Crippen LogP contribution in [-0.2, 0) is 11.3 Å². The van der Waals surface area contributed by atoms with Crippen molar-refractivity contribution in [1.82, 2.24) is 10.2 Å². The van der Waals surface area contributed by atoms with E-state index in [0.717, 1.165) is 36.8 Å². The predicted molar refractivity (Wildman–Crippen MR) is 87.2 cm³/mol. The van der Waals surface area contributed by atoms with E-state index in [1.54, 1.807) is 7.11 Å². The molecular formula is C18H24N2O3. The number of aryl methyl sites for hydroxylation is 1. The fourth-order valence-electron chi connectivity index (χ4n) is 3.84. The van der Waals surface area contributed by atoms with Gasteiger partial charge in [-0.2, -0.15) is 0 Å². The Morgan fingerprint density at radius 1 is 1.35 bits per heavy atom. The molecule has 5 heteroatoms. The molecule has 1 saturated carbocycles. The Kier molecular flexibility index (Phi) is 4.04. The van der Waals surface area contributed by atoms with E-state index in [9.17, 15) is 9.59 Å². The lowest BCUT2D eigenvalue weighted by Gasteiger charge is -2.36. The zero-order chi connectivity index (χ0) is 16.6. The molecule has 3 amide bonds. The van der Waals surface area contributed by atoms with Gasteiger partial charge in [-0.1, -0.05) is 37.5 Å². The Morgan fingerprint density at radius 2 is 2.13 bits per heavy atom. The smallest absolute Gasteiger partial charge is 0.325 e. The molecule has 3 rings (SSSR count). The summed E-state index contributed by atoms with van der Waals surface area (Å²) in [5.74, 6) is 0.796. The number of nitrogens with one attached hydrogen (secondary N) is 1. The van der Waals surface area contributed by atoms with E-state index in [2.05, 4.69) is 12.2 Å². The number of amides is 3. The quantitative estimate of drug-likeness (QED) is 0.872. The Morgan fingerprint density at radius 3 is 2.83 bits per heavy atom. The summed E-state index contributed by atoms with van der Waals surface area (Å²) in [6, 6.07) is 5.52. The number of benzene rings is 1. The molecule has 1 aromatic rings. The Hall–Kier alpha value is -2.04. The van der Waals surface area contributed by atoms with Crippen LogP contribution in [0.1, 0.15) is 43.7 Å². The first-order chi connectivity index (χ1) is 11.0. The van der Waals surface area contributed by atoms with Crippen molar-refractivity contribution in [2.24, 2.45) is 5.92 Å². The maximum absolute atomic E-state index is 13.0. The number of ether oxygens (including phenoxy) is 1. The summed E-state index contributed by atoms with van der Waals surface area (Å²) in [5.41, 5.74) is 1.23. The molecule has 1 heterocycles. The first kappa shape index (κ1) is 15.8. The molecule has 23 heavy (non-hydrogen) atoms. The molecule has 5 nitrogen and oxygen atoms in total. The molecule has 1 N–H and O–H groups in total. The molecule has 1 saturated heterocycles. The van der Waals surface area contributed by atoms with Crippen LogP contribution in [0.15, 0.2) is 18.2 Å². The van der Waals surface area contributed by atoms with Gasteiger partial charge in [-0.05, 0) is 31.7 Å². The summed E-state index contributed by atoms with van der Waals surface area (Å²) < 4.78 is 5.37. The number of imide groups is 1. The number of hydrogen-bond donors (Lipinski definition) is 1. The average molecular weight is 316 g/mol. The molecule has 0 bridgehead atoms. The van der Waals surface area contributed by atoms with Crippen LogP contribution in [0.2, 0.25) is 0 Å². The molecule has 2 unspecified atom stereocenters. The Labute approximate surface area is 137 Å². The predicted octanol–water partition coefficient (Wildman–Crippen LogP) is 3.00. The van der Waals surface area contributed by atoms with Gasteiger partial charge in [0.25, 0.3) is 5.91 Å². The summed E-state index contributed by atoms with van der Waals surface area (Å²) in [6.07, 6.45) is 3.82. The van der Waals surface area contributed by atoms with Gasteiger partial charge in [0.2, 0.25) is 0 Å². The molecule has 2 atom stereocenters. The van der Waals surface area contributed by atoms with Gasteiger partial charge in [0, 0.05) is 5.56 Å². The van der Waals surface area contributed by atoms with Gasteiger partial charge in [-0.15, -0.1) is 0 Å². The van der Waals surface area contributed by atoms with Crippen molar-refractivity contribution < 1.29 is 14.3 Å². The van der Waals surface area contributed by atoms with E-state index in [4.69, 9.17) is 4.74 Å². The first-order valence-corrected chi connectivity index (χ1v) is 8.25. The number of rotatable bonds is 3. The molecular weight excluding hydrogens is 292 g/mol. The molecule has 2 fully saturated rings. The van der Waals surface area contributed by atoms with Crippen molar-refractivity contribution >= 4 is 11.9 Å².